The van der Waals surface area contributed by atoms with Crippen LogP contribution in [0.2, 0.25) is 0 Å². The monoisotopic (exact) mass is 540 g/mol. The topological polar surface area (TPSA) is 69.4 Å². The minimum absolute atomic E-state index is 0. The van der Waals surface area contributed by atoms with E-state index in [2.05, 4.69) is 56.4 Å². The second kappa shape index (κ2) is 12.3. The molecule has 4 rings (SSSR count). The van der Waals surface area contributed by atoms with Crippen molar-refractivity contribution in [1.29, 1.82) is 0 Å². The quantitative estimate of drug-likeness (QED) is 0.343. The number of morpholine rings is 1. The number of benzene rings is 1. The molecule has 9 heteroatoms. The van der Waals surface area contributed by atoms with Crippen molar-refractivity contribution in [2.75, 3.05) is 63.9 Å². The summed E-state index contributed by atoms with van der Waals surface area (Å²) < 4.78 is 10.4. The number of piperazine rings is 1. The molecular weight excluding hydrogens is 507 g/mol. The molecule has 0 atom stereocenters. The molecular formula is C22H33IN6O2. The summed E-state index contributed by atoms with van der Waals surface area (Å²) in [5, 5.41) is 7.47. The molecule has 2 fully saturated rings. The lowest BCUT2D eigenvalue weighted by atomic mass is 10.2. The van der Waals surface area contributed by atoms with Crippen LogP contribution < -0.4 is 10.2 Å². The van der Waals surface area contributed by atoms with E-state index < -0.39 is 0 Å². The molecule has 0 radical (unpaired) electrons. The number of aromatic nitrogens is 1. The second-order valence-electron chi connectivity index (χ2n) is 7.69. The lowest BCUT2D eigenvalue weighted by molar-refractivity contribution is 0.122. The number of nitrogens with one attached hydrogen (secondary N) is 1. The Kier molecular flexibility index (Phi) is 9.41. The van der Waals surface area contributed by atoms with Crippen LogP contribution in [0.3, 0.4) is 0 Å². The molecule has 2 aliphatic heterocycles. The van der Waals surface area contributed by atoms with Crippen molar-refractivity contribution in [2.24, 2.45) is 4.99 Å². The van der Waals surface area contributed by atoms with Gasteiger partial charge in [0.05, 0.1) is 25.5 Å². The third-order valence-electron chi connectivity index (χ3n) is 5.61. The van der Waals surface area contributed by atoms with Crippen LogP contribution in [0.5, 0.6) is 0 Å². The van der Waals surface area contributed by atoms with Gasteiger partial charge in [-0.1, -0.05) is 17.3 Å². The van der Waals surface area contributed by atoms with E-state index in [1.54, 1.807) is 6.26 Å². The van der Waals surface area contributed by atoms with E-state index in [9.17, 15) is 0 Å². The largest absolute Gasteiger partial charge is 0.378 e. The van der Waals surface area contributed by atoms with Crippen LogP contribution in [0.1, 0.15) is 18.2 Å². The highest BCUT2D eigenvalue weighted by molar-refractivity contribution is 14.0. The van der Waals surface area contributed by atoms with Gasteiger partial charge < -0.3 is 24.4 Å². The average molecular weight is 540 g/mol. The van der Waals surface area contributed by atoms with Gasteiger partial charge in [0.1, 0.15) is 6.26 Å². The Morgan fingerprint density at radius 3 is 2.42 bits per heavy atom. The molecule has 2 aliphatic rings. The number of rotatable bonds is 6. The number of aliphatic imine (C=N–C) groups is 1. The van der Waals surface area contributed by atoms with Crippen LogP contribution in [0.25, 0.3) is 0 Å². The Morgan fingerprint density at radius 1 is 1.03 bits per heavy atom. The fraction of sp³-hybridized carbons (Fsp3) is 0.545. The van der Waals surface area contributed by atoms with Crippen molar-refractivity contribution >= 4 is 35.6 Å². The third-order valence-corrected chi connectivity index (χ3v) is 5.61. The molecule has 0 aliphatic carbocycles. The molecule has 170 valence electrons. The van der Waals surface area contributed by atoms with Crippen LogP contribution in [-0.2, 0) is 17.8 Å². The number of nitrogens with zero attached hydrogens (tertiary/aromatic N) is 5. The van der Waals surface area contributed by atoms with Gasteiger partial charge in [-0.25, -0.2) is 4.99 Å². The Bertz CT molecular complexity index is 785. The zero-order valence-electron chi connectivity index (χ0n) is 18.2. The van der Waals surface area contributed by atoms with E-state index in [0.29, 0.717) is 6.54 Å². The predicted molar refractivity (Wildman–Crippen MR) is 133 cm³/mol. The highest BCUT2D eigenvalue weighted by atomic mass is 127. The molecule has 1 aromatic heterocycles. The van der Waals surface area contributed by atoms with Crippen molar-refractivity contribution in [2.45, 2.75) is 20.0 Å². The zero-order valence-corrected chi connectivity index (χ0v) is 20.5. The molecule has 8 nitrogen and oxygen atoms in total. The third kappa shape index (κ3) is 6.81. The number of anilines is 1. The van der Waals surface area contributed by atoms with E-state index in [1.165, 1.54) is 11.3 Å². The normalized spacial score (nSPS) is 18.0. The van der Waals surface area contributed by atoms with Crippen LogP contribution in [-0.4, -0.2) is 79.9 Å². The minimum atomic E-state index is 0. The van der Waals surface area contributed by atoms with Crippen LogP contribution >= 0.6 is 24.0 Å². The van der Waals surface area contributed by atoms with Gasteiger partial charge >= 0.3 is 0 Å². The Morgan fingerprint density at radius 2 is 1.77 bits per heavy atom. The van der Waals surface area contributed by atoms with Crippen molar-refractivity contribution in [3.05, 3.63) is 47.9 Å². The maximum absolute atomic E-state index is 5.44. The van der Waals surface area contributed by atoms with Crippen molar-refractivity contribution < 1.29 is 9.26 Å². The Labute approximate surface area is 201 Å². The fourth-order valence-corrected chi connectivity index (χ4v) is 3.89. The zero-order chi connectivity index (χ0) is 20.6. The van der Waals surface area contributed by atoms with Gasteiger partial charge in [0.15, 0.2) is 5.96 Å². The second-order valence-corrected chi connectivity index (χ2v) is 7.69. The first kappa shape index (κ1) is 23.8. The number of guanidine groups is 1. The first-order valence-corrected chi connectivity index (χ1v) is 10.9. The molecule has 2 aromatic rings. The van der Waals surface area contributed by atoms with Gasteiger partial charge in [0.2, 0.25) is 0 Å². The first-order chi connectivity index (χ1) is 14.8. The highest BCUT2D eigenvalue weighted by Crippen LogP contribution is 2.17. The van der Waals surface area contributed by atoms with Gasteiger partial charge in [-0.05, 0) is 24.6 Å². The SMILES string of the molecule is CCNC(=NCc1ccc(N2CCOCC2)cc1)N1CCN(Cc2ccon2)CC1.I. The summed E-state index contributed by atoms with van der Waals surface area (Å²) in [4.78, 5) is 12.0. The van der Waals surface area contributed by atoms with Crippen molar-refractivity contribution in [1.82, 2.24) is 20.3 Å². The van der Waals surface area contributed by atoms with Crippen LogP contribution in [0.4, 0.5) is 5.69 Å². The smallest absolute Gasteiger partial charge is 0.194 e. The maximum Gasteiger partial charge on any atom is 0.194 e. The molecule has 0 spiro atoms. The highest BCUT2D eigenvalue weighted by Gasteiger charge is 2.20. The van der Waals surface area contributed by atoms with Gasteiger partial charge in [-0.2, -0.15) is 0 Å². The molecule has 0 bridgehead atoms. The molecule has 0 saturated carbocycles. The van der Waals surface area contributed by atoms with Gasteiger partial charge in [-0.15, -0.1) is 24.0 Å². The van der Waals surface area contributed by atoms with Crippen molar-refractivity contribution in [3.8, 4) is 0 Å². The average Bonchev–Trinajstić information content (AvgIpc) is 3.31. The molecule has 2 saturated heterocycles. The van der Waals surface area contributed by atoms with Gasteiger partial charge in [-0.3, -0.25) is 4.90 Å². The van der Waals surface area contributed by atoms with Crippen LogP contribution in [0.15, 0.2) is 46.1 Å². The van der Waals surface area contributed by atoms with Gasteiger partial charge in [0, 0.05) is 64.1 Å². The van der Waals surface area contributed by atoms with E-state index in [1.807, 2.05) is 6.07 Å². The predicted octanol–water partition coefficient (Wildman–Crippen LogP) is 2.41. The van der Waals surface area contributed by atoms with E-state index in [0.717, 1.165) is 77.2 Å². The minimum Gasteiger partial charge on any atom is -0.378 e. The fourth-order valence-electron chi connectivity index (χ4n) is 3.89. The maximum atomic E-state index is 5.44. The number of halogens is 1. The summed E-state index contributed by atoms with van der Waals surface area (Å²) >= 11 is 0. The Balaban J connectivity index is 0.00000272. The molecule has 0 amide bonds. The molecule has 1 aromatic carbocycles. The summed E-state index contributed by atoms with van der Waals surface area (Å²) in [7, 11) is 0. The number of ether oxygens (including phenoxy) is 1. The lowest BCUT2D eigenvalue weighted by Crippen LogP contribution is -2.52. The standard InChI is InChI=1S/C22H32N6O2.HI/c1-2-23-22(28-10-8-26(9-11-28)18-20-7-14-30-25-20)24-17-19-3-5-21(6-4-19)27-12-15-29-16-13-27;/h3-7,14H,2,8-13,15-18H2,1H3,(H,23,24);1H. The van der Waals surface area contributed by atoms with E-state index in [-0.39, 0.29) is 24.0 Å². The first-order valence-electron chi connectivity index (χ1n) is 10.9. The van der Waals surface area contributed by atoms with Crippen molar-refractivity contribution in [3.63, 3.8) is 0 Å². The molecule has 0 unspecified atom stereocenters. The molecule has 1 N–H and O–H groups in total. The summed E-state index contributed by atoms with van der Waals surface area (Å²) in [6.45, 7) is 12.0. The summed E-state index contributed by atoms with van der Waals surface area (Å²) in [5.41, 5.74) is 3.48. The van der Waals surface area contributed by atoms with Crippen LogP contribution in [0, 0.1) is 0 Å². The summed E-state index contributed by atoms with van der Waals surface area (Å²) in [6.07, 6.45) is 1.63. The molecule has 3 heterocycles. The summed E-state index contributed by atoms with van der Waals surface area (Å²) in [6, 6.07) is 10.7. The summed E-state index contributed by atoms with van der Waals surface area (Å²) in [5.74, 6) is 0.996. The van der Waals surface area contributed by atoms with E-state index >= 15 is 0 Å². The molecule has 31 heavy (non-hydrogen) atoms. The number of hydrogen-bond donors (Lipinski definition) is 1. The lowest BCUT2D eigenvalue weighted by Gasteiger charge is -2.36. The van der Waals surface area contributed by atoms with Gasteiger partial charge in [0.25, 0.3) is 0 Å². The van der Waals surface area contributed by atoms with E-state index in [4.69, 9.17) is 14.3 Å². The Hall–Kier alpha value is -1.85. The number of hydrogen-bond acceptors (Lipinski definition) is 6.